The fourth-order valence-corrected chi connectivity index (χ4v) is 10.4. The van der Waals surface area contributed by atoms with Crippen molar-refractivity contribution in [2.24, 2.45) is 50.2 Å². The van der Waals surface area contributed by atoms with Crippen LogP contribution in [0.3, 0.4) is 0 Å². The molecular formula is C32H45NO4. The molecule has 0 aromatic rings. The Morgan fingerprint density at radius 1 is 1.05 bits per heavy atom. The smallest absolute Gasteiger partial charge is 0.312 e. The number of ether oxygens (including phenoxy) is 1. The number of nitriles is 1. The van der Waals surface area contributed by atoms with Gasteiger partial charge in [0, 0.05) is 11.3 Å². The Bertz CT molecular complexity index is 1160. The molecule has 2 unspecified atom stereocenters. The van der Waals surface area contributed by atoms with Gasteiger partial charge in [0.25, 0.3) is 0 Å². The zero-order chi connectivity index (χ0) is 27.4. The lowest BCUT2D eigenvalue weighted by atomic mass is 9.34. The van der Waals surface area contributed by atoms with Gasteiger partial charge in [-0.2, -0.15) is 5.26 Å². The molecule has 0 radical (unpaired) electrons. The number of carbonyl (C=O) groups is 2. The third-order valence-corrected chi connectivity index (χ3v) is 12.7. The van der Waals surface area contributed by atoms with Crippen molar-refractivity contribution in [2.45, 2.75) is 99.5 Å². The number of carbonyl (C=O) groups excluding carboxylic acids is 2. The van der Waals surface area contributed by atoms with Crippen molar-refractivity contribution in [3.05, 3.63) is 23.3 Å². The first-order valence-corrected chi connectivity index (χ1v) is 14.2. The summed E-state index contributed by atoms with van der Waals surface area (Å²) in [7, 11) is 1.49. The Balaban J connectivity index is 1.70. The molecule has 5 aliphatic rings. The molecule has 0 aliphatic heterocycles. The van der Waals surface area contributed by atoms with E-state index in [0.717, 1.165) is 50.5 Å². The summed E-state index contributed by atoms with van der Waals surface area (Å²) in [5.74, 6) is -0.127. The molecule has 0 aromatic carbocycles. The van der Waals surface area contributed by atoms with E-state index in [4.69, 9.17) is 4.74 Å². The zero-order valence-corrected chi connectivity index (χ0v) is 24.0. The topological polar surface area (TPSA) is 87.4 Å². The van der Waals surface area contributed by atoms with Crippen LogP contribution < -0.4 is 0 Å². The lowest BCUT2D eigenvalue weighted by Gasteiger charge is -2.69. The number of rotatable bonds is 1. The van der Waals surface area contributed by atoms with E-state index in [1.165, 1.54) is 7.11 Å². The Labute approximate surface area is 222 Å². The summed E-state index contributed by atoms with van der Waals surface area (Å²) < 4.78 is 5.41. The SMILES string of the molecule is COC(=O)[C@]12CCC(C)(C)C[C@H]1C1C(=O)C=C3[C@@]4(C)C=C(C#N)C(O)C(C)(C)[C@@H]4CC[C@@]3(C)[C@]1(C)CC2. The molecule has 0 heterocycles. The molecule has 0 aromatic heterocycles. The van der Waals surface area contributed by atoms with Crippen molar-refractivity contribution < 1.29 is 19.4 Å². The molecule has 5 rings (SSSR count). The normalized spacial score (nSPS) is 47.6. The fourth-order valence-electron chi connectivity index (χ4n) is 10.4. The molecule has 5 aliphatic carbocycles. The molecule has 37 heavy (non-hydrogen) atoms. The van der Waals surface area contributed by atoms with E-state index in [2.05, 4.69) is 54.5 Å². The second kappa shape index (κ2) is 7.81. The van der Waals surface area contributed by atoms with E-state index < -0.39 is 22.3 Å². The standard InChI is InChI=1S/C32H45NO4/c1-27(2)11-13-32(26(36)37-8)14-12-31(7)24(20(32)17-27)21(34)15-23-29(5)16-19(18-33)25(35)28(3,4)22(29)9-10-30(23,31)6/h15-16,20,22,24-25,35H,9-14,17H2,1-8H3/t20-,22-,24?,25?,29-,30+,31+,32-/m0/s1. The Kier molecular flexibility index (Phi) is 5.63. The minimum absolute atomic E-state index is 0.0371. The third kappa shape index (κ3) is 3.17. The second-order valence-electron chi connectivity index (χ2n) is 15.1. The average Bonchev–Trinajstić information content (AvgIpc) is 2.82. The Morgan fingerprint density at radius 3 is 2.32 bits per heavy atom. The summed E-state index contributed by atoms with van der Waals surface area (Å²) >= 11 is 0. The van der Waals surface area contributed by atoms with Gasteiger partial charge in [-0.15, -0.1) is 0 Å². The largest absolute Gasteiger partial charge is 0.469 e. The van der Waals surface area contributed by atoms with Crippen LogP contribution in [0.25, 0.3) is 0 Å². The van der Waals surface area contributed by atoms with Crippen molar-refractivity contribution in [3.8, 4) is 6.07 Å². The maximum atomic E-state index is 14.4. The fraction of sp³-hybridized carbons (Fsp3) is 0.781. The molecule has 0 spiro atoms. The first kappa shape index (κ1) is 26.7. The van der Waals surface area contributed by atoms with Crippen LogP contribution in [-0.4, -0.2) is 30.1 Å². The summed E-state index contributed by atoms with van der Waals surface area (Å²) in [6.45, 7) is 15.5. The van der Waals surface area contributed by atoms with E-state index in [0.29, 0.717) is 5.57 Å². The summed E-state index contributed by atoms with van der Waals surface area (Å²) in [5.41, 5.74) is -0.454. The van der Waals surface area contributed by atoms with Crippen molar-refractivity contribution in [3.63, 3.8) is 0 Å². The number of methoxy groups -OCH3 is 1. The van der Waals surface area contributed by atoms with E-state index >= 15 is 0 Å². The van der Waals surface area contributed by atoms with Gasteiger partial charge in [-0.3, -0.25) is 9.59 Å². The molecule has 0 bridgehead atoms. The van der Waals surface area contributed by atoms with Crippen LogP contribution in [0.1, 0.15) is 93.4 Å². The molecule has 1 N–H and O–H groups in total. The van der Waals surface area contributed by atoms with Gasteiger partial charge >= 0.3 is 5.97 Å². The molecular weight excluding hydrogens is 462 g/mol. The zero-order valence-electron chi connectivity index (χ0n) is 24.0. The van der Waals surface area contributed by atoms with Gasteiger partial charge in [0.1, 0.15) is 0 Å². The average molecular weight is 508 g/mol. The van der Waals surface area contributed by atoms with Crippen molar-refractivity contribution in [1.82, 2.24) is 0 Å². The molecule has 5 heteroatoms. The van der Waals surface area contributed by atoms with Crippen LogP contribution in [0.5, 0.6) is 0 Å². The lowest BCUT2D eigenvalue weighted by molar-refractivity contribution is -0.191. The second-order valence-corrected chi connectivity index (χ2v) is 15.1. The van der Waals surface area contributed by atoms with E-state index in [1.54, 1.807) is 0 Å². The molecule has 0 amide bonds. The van der Waals surface area contributed by atoms with Crippen LogP contribution in [0.4, 0.5) is 0 Å². The maximum Gasteiger partial charge on any atom is 0.312 e. The summed E-state index contributed by atoms with van der Waals surface area (Å²) in [4.78, 5) is 27.8. The summed E-state index contributed by atoms with van der Waals surface area (Å²) in [5, 5.41) is 21.0. The Morgan fingerprint density at radius 2 is 1.70 bits per heavy atom. The van der Waals surface area contributed by atoms with Crippen LogP contribution in [-0.2, 0) is 14.3 Å². The number of aliphatic hydroxyl groups excluding tert-OH is 1. The number of fused-ring (bicyclic) bond motifs is 7. The van der Waals surface area contributed by atoms with Crippen LogP contribution in [0, 0.1) is 61.6 Å². The Hall–Kier alpha value is -1.93. The molecule has 8 atom stereocenters. The quantitative estimate of drug-likeness (QED) is 0.429. The number of allylic oxidation sites excluding steroid dienone is 3. The maximum absolute atomic E-state index is 14.4. The molecule has 202 valence electrons. The first-order chi connectivity index (χ1) is 17.0. The predicted molar refractivity (Wildman–Crippen MR) is 142 cm³/mol. The molecule has 0 saturated heterocycles. The van der Waals surface area contributed by atoms with Crippen LogP contribution in [0.2, 0.25) is 0 Å². The third-order valence-electron chi connectivity index (χ3n) is 12.7. The summed E-state index contributed by atoms with van der Waals surface area (Å²) in [6.07, 6.45) is 9.14. The number of hydrogen-bond acceptors (Lipinski definition) is 5. The van der Waals surface area contributed by atoms with Gasteiger partial charge < -0.3 is 9.84 Å². The number of ketones is 1. The van der Waals surface area contributed by atoms with Gasteiger partial charge in [0.2, 0.25) is 0 Å². The minimum atomic E-state index is -0.803. The minimum Gasteiger partial charge on any atom is -0.469 e. The van der Waals surface area contributed by atoms with Crippen molar-refractivity contribution in [1.29, 1.82) is 5.26 Å². The molecule has 5 nitrogen and oxygen atoms in total. The van der Waals surface area contributed by atoms with E-state index in [9.17, 15) is 20.0 Å². The molecule has 3 fully saturated rings. The van der Waals surface area contributed by atoms with Gasteiger partial charge in [-0.1, -0.05) is 60.1 Å². The predicted octanol–water partition coefficient (Wildman–Crippen LogP) is 6.17. The number of aliphatic hydroxyl groups is 1. The lowest BCUT2D eigenvalue weighted by Crippen LogP contribution is -2.66. The van der Waals surface area contributed by atoms with Crippen molar-refractivity contribution >= 4 is 11.8 Å². The van der Waals surface area contributed by atoms with Gasteiger partial charge in [-0.05, 0) is 84.5 Å². The summed E-state index contributed by atoms with van der Waals surface area (Å²) in [6, 6.07) is 2.27. The highest BCUT2D eigenvalue weighted by Crippen LogP contribution is 2.74. The van der Waals surface area contributed by atoms with Crippen LogP contribution >= 0.6 is 0 Å². The first-order valence-electron chi connectivity index (χ1n) is 14.2. The van der Waals surface area contributed by atoms with E-state index in [1.807, 2.05) is 12.2 Å². The van der Waals surface area contributed by atoms with Crippen LogP contribution in [0.15, 0.2) is 23.3 Å². The monoisotopic (exact) mass is 507 g/mol. The highest BCUT2D eigenvalue weighted by atomic mass is 16.5. The van der Waals surface area contributed by atoms with Gasteiger partial charge in [-0.25, -0.2) is 0 Å². The highest BCUT2D eigenvalue weighted by molar-refractivity contribution is 5.96. The highest BCUT2D eigenvalue weighted by Gasteiger charge is 2.71. The number of hydrogen-bond donors (Lipinski definition) is 1. The van der Waals surface area contributed by atoms with Crippen molar-refractivity contribution in [2.75, 3.05) is 7.11 Å². The number of esters is 1. The number of nitrogens with zero attached hydrogens (tertiary/aromatic N) is 1. The molecule has 3 saturated carbocycles. The van der Waals surface area contributed by atoms with Gasteiger partial charge in [0.15, 0.2) is 5.78 Å². The van der Waals surface area contributed by atoms with Gasteiger partial charge in [0.05, 0.1) is 30.3 Å². The van der Waals surface area contributed by atoms with E-state index in [-0.39, 0.29) is 45.8 Å².